The first-order valence-corrected chi connectivity index (χ1v) is 10.6. The third kappa shape index (κ3) is 3.65. The van der Waals surface area contributed by atoms with Crippen LogP contribution in [-0.2, 0) is 4.79 Å². The van der Waals surface area contributed by atoms with Gasteiger partial charge in [-0.1, -0.05) is 18.2 Å². The summed E-state index contributed by atoms with van der Waals surface area (Å²) in [5.41, 5.74) is 2.23. The van der Waals surface area contributed by atoms with Gasteiger partial charge in [-0.3, -0.25) is 9.59 Å². The van der Waals surface area contributed by atoms with Crippen molar-refractivity contribution in [3.8, 4) is 5.69 Å². The van der Waals surface area contributed by atoms with Crippen LogP contribution in [0.4, 0.5) is 0 Å². The summed E-state index contributed by atoms with van der Waals surface area (Å²) in [7, 11) is 0. The lowest BCUT2D eigenvalue weighted by Gasteiger charge is -2.20. The molecule has 1 atom stereocenters. The third-order valence-electron chi connectivity index (χ3n) is 6.15. The van der Waals surface area contributed by atoms with Crippen molar-refractivity contribution in [1.82, 2.24) is 24.6 Å². The minimum absolute atomic E-state index is 0.0305. The fourth-order valence-corrected chi connectivity index (χ4v) is 4.52. The zero-order valence-corrected chi connectivity index (χ0v) is 17.9. The van der Waals surface area contributed by atoms with Crippen molar-refractivity contribution in [2.75, 3.05) is 26.2 Å². The highest BCUT2D eigenvalue weighted by atomic mass is 16.2. The number of nitrogens with zero attached hydrogens (tertiary/aromatic N) is 4. The van der Waals surface area contributed by atoms with Crippen LogP contribution in [0.1, 0.15) is 37.2 Å². The molecule has 1 amide bonds. The number of likely N-dealkylation sites (tertiary alicyclic amines) is 1. The van der Waals surface area contributed by atoms with E-state index in [1.807, 2.05) is 55.7 Å². The van der Waals surface area contributed by atoms with Crippen molar-refractivity contribution in [2.45, 2.75) is 39.7 Å². The Bertz CT molecular complexity index is 1110. The molecule has 1 fully saturated rings. The summed E-state index contributed by atoms with van der Waals surface area (Å²) in [6.45, 7) is 9.49. The van der Waals surface area contributed by atoms with Gasteiger partial charge in [-0.2, -0.15) is 9.78 Å². The molecule has 0 bridgehead atoms. The second kappa shape index (κ2) is 8.44. The number of carbonyl (C=O) groups is 1. The minimum atomic E-state index is -0.402. The summed E-state index contributed by atoms with van der Waals surface area (Å²) in [6.07, 6.45) is 4.21. The van der Waals surface area contributed by atoms with Gasteiger partial charge in [0.15, 0.2) is 0 Å². The summed E-state index contributed by atoms with van der Waals surface area (Å²) in [5, 5.41) is 8.84. The first-order valence-electron chi connectivity index (χ1n) is 10.6. The van der Waals surface area contributed by atoms with E-state index in [4.69, 9.17) is 0 Å². The van der Waals surface area contributed by atoms with E-state index in [2.05, 4.69) is 15.3 Å². The molecule has 0 radical (unpaired) electrons. The van der Waals surface area contributed by atoms with Crippen molar-refractivity contribution < 1.29 is 4.79 Å². The van der Waals surface area contributed by atoms with Crippen LogP contribution in [0.2, 0.25) is 0 Å². The van der Waals surface area contributed by atoms with Crippen LogP contribution in [0, 0.1) is 13.8 Å². The van der Waals surface area contributed by atoms with Crippen LogP contribution < -0.4 is 10.9 Å². The molecular formula is C23H29N5O2. The Morgan fingerprint density at radius 2 is 1.83 bits per heavy atom. The van der Waals surface area contributed by atoms with E-state index in [1.165, 1.54) is 17.5 Å². The number of hydrogen-bond donors (Lipinski definition) is 1. The van der Waals surface area contributed by atoms with Crippen LogP contribution in [0.25, 0.3) is 16.5 Å². The molecule has 1 aliphatic rings. The molecule has 3 heterocycles. The highest BCUT2D eigenvalue weighted by Crippen LogP contribution is 2.26. The number of para-hydroxylation sites is 1. The Balaban J connectivity index is 1.61. The first-order chi connectivity index (χ1) is 14.5. The lowest BCUT2D eigenvalue weighted by molar-refractivity contribution is -0.123. The van der Waals surface area contributed by atoms with Gasteiger partial charge in [0.05, 0.1) is 17.3 Å². The zero-order chi connectivity index (χ0) is 21.3. The molecule has 2 aromatic heterocycles. The van der Waals surface area contributed by atoms with Gasteiger partial charge in [-0.25, -0.2) is 0 Å². The van der Waals surface area contributed by atoms with E-state index >= 15 is 0 Å². The summed E-state index contributed by atoms with van der Waals surface area (Å²) in [4.78, 5) is 28.4. The topological polar surface area (TPSA) is 72.2 Å². The molecule has 7 heteroatoms. The minimum Gasteiger partial charge on any atom is -0.353 e. The van der Waals surface area contributed by atoms with Gasteiger partial charge in [-0.05, 0) is 58.8 Å². The number of nitrogens with one attached hydrogen (secondary N) is 1. The van der Waals surface area contributed by atoms with Crippen molar-refractivity contribution >= 4 is 16.7 Å². The molecule has 0 aliphatic carbocycles. The second-order valence-corrected chi connectivity index (χ2v) is 8.04. The molecule has 1 aromatic carbocycles. The number of rotatable bonds is 6. The average molecular weight is 408 g/mol. The van der Waals surface area contributed by atoms with E-state index in [1.54, 1.807) is 6.20 Å². The maximum Gasteiger partial charge on any atom is 0.281 e. The van der Waals surface area contributed by atoms with Gasteiger partial charge in [0.2, 0.25) is 5.91 Å². The van der Waals surface area contributed by atoms with Gasteiger partial charge in [0.25, 0.3) is 5.56 Å². The summed E-state index contributed by atoms with van der Waals surface area (Å²) in [6, 6.07) is 8.98. The number of amides is 1. The molecule has 1 aliphatic heterocycles. The monoisotopic (exact) mass is 407 g/mol. The summed E-state index contributed by atoms with van der Waals surface area (Å²) >= 11 is 0. The van der Waals surface area contributed by atoms with Crippen LogP contribution in [-0.4, -0.2) is 51.3 Å². The predicted molar refractivity (Wildman–Crippen MR) is 118 cm³/mol. The SMILES string of the molecule is Cc1c2cnn(-c3ccccc3)c(=O)c2c(C)n1[C@@H](C)C(=O)NCCN1CCCC1. The Morgan fingerprint density at radius 1 is 1.13 bits per heavy atom. The van der Waals surface area contributed by atoms with Gasteiger partial charge in [0, 0.05) is 29.9 Å². The molecule has 30 heavy (non-hydrogen) atoms. The van der Waals surface area contributed by atoms with E-state index in [0.29, 0.717) is 11.9 Å². The maximum atomic E-state index is 13.2. The van der Waals surface area contributed by atoms with Gasteiger partial charge < -0.3 is 14.8 Å². The van der Waals surface area contributed by atoms with E-state index in [9.17, 15) is 9.59 Å². The maximum absolute atomic E-state index is 13.2. The Labute approximate surface area is 176 Å². The van der Waals surface area contributed by atoms with Gasteiger partial charge >= 0.3 is 0 Å². The van der Waals surface area contributed by atoms with Crippen LogP contribution >= 0.6 is 0 Å². The zero-order valence-electron chi connectivity index (χ0n) is 17.9. The van der Waals surface area contributed by atoms with Crippen molar-refractivity contribution in [1.29, 1.82) is 0 Å². The average Bonchev–Trinajstić information content (AvgIpc) is 3.35. The van der Waals surface area contributed by atoms with Gasteiger partial charge in [-0.15, -0.1) is 0 Å². The molecule has 3 aromatic rings. The Morgan fingerprint density at radius 3 is 2.53 bits per heavy atom. The normalized spacial score (nSPS) is 15.6. The van der Waals surface area contributed by atoms with Crippen LogP contribution in [0.15, 0.2) is 41.3 Å². The Kier molecular flexibility index (Phi) is 5.72. The molecule has 0 unspecified atom stereocenters. The number of hydrogen-bond acceptors (Lipinski definition) is 4. The molecule has 0 spiro atoms. The highest BCUT2D eigenvalue weighted by Gasteiger charge is 2.23. The molecule has 0 saturated carbocycles. The van der Waals surface area contributed by atoms with E-state index in [0.717, 1.165) is 42.1 Å². The second-order valence-electron chi connectivity index (χ2n) is 8.04. The fourth-order valence-electron chi connectivity index (χ4n) is 4.52. The van der Waals surface area contributed by atoms with Crippen molar-refractivity contribution in [3.05, 3.63) is 58.3 Å². The van der Waals surface area contributed by atoms with Crippen molar-refractivity contribution in [3.63, 3.8) is 0 Å². The number of aryl methyl sites for hydroxylation is 2. The van der Waals surface area contributed by atoms with Crippen LogP contribution in [0.3, 0.4) is 0 Å². The first kappa shape index (κ1) is 20.3. The van der Waals surface area contributed by atoms with Crippen LogP contribution in [0.5, 0.6) is 0 Å². The fraction of sp³-hybridized carbons (Fsp3) is 0.435. The lowest BCUT2D eigenvalue weighted by atomic mass is 10.2. The highest BCUT2D eigenvalue weighted by molar-refractivity contribution is 5.89. The standard InChI is InChI=1S/C23H29N5O2/c1-16-20-15-25-28(19-9-5-4-6-10-19)23(30)21(20)17(2)27(16)18(3)22(29)24-11-14-26-12-7-8-13-26/h4-6,9-10,15,18H,7-8,11-14H2,1-3H3,(H,24,29)/t18-/m0/s1. The van der Waals surface area contributed by atoms with E-state index < -0.39 is 6.04 Å². The lowest BCUT2D eigenvalue weighted by Crippen LogP contribution is -2.37. The number of benzene rings is 1. The summed E-state index contributed by atoms with van der Waals surface area (Å²) in [5.74, 6) is -0.0305. The summed E-state index contributed by atoms with van der Waals surface area (Å²) < 4.78 is 3.37. The molecule has 4 rings (SSSR count). The quantitative estimate of drug-likeness (QED) is 0.682. The number of aromatic nitrogens is 3. The molecule has 158 valence electrons. The molecule has 7 nitrogen and oxygen atoms in total. The van der Waals surface area contributed by atoms with E-state index in [-0.39, 0.29) is 11.5 Å². The molecule has 1 saturated heterocycles. The number of fused-ring (bicyclic) bond motifs is 1. The van der Waals surface area contributed by atoms with Crippen molar-refractivity contribution in [2.24, 2.45) is 0 Å². The third-order valence-corrected chi connectivity index (χ3v) is 6.15. The van der Waals surface area contributed by atoms with Gasteiger partial charge in [0.1, 0.15) is 6.04 Å². The predicted octanol–water partition coefficient (Wildman–Crippen LogP) is 2.58. The number of carbonyl (C=O) groups excluding carboxylic acids is 1. The largest absolute Gasteiger partial charge is 0.353 e. The smallest absolute Gasteiger partial charge is 0.281 e. The molecule has 1 N–H and O–H groups in total. The Hall–Kier alpha value is -2.93. The molecular weight excluding hydrogens is 378 g/mol.